The van der Waals surface area contributed by atoms with Crippen molar-refractivity contribution < 1.29 is 13.2 Å². The van der Waals surface area contributed by atoms with Crippen molar-refractivity contribution in [3.8, 4) is 0 Å². The largest absolute Gasteiger partial charge is 0.359 e. The number of nitrogens with one attached hydrogen (secondary N) is 2. The molecular formula is C12H24N4O3S. The molecular weight excluding hydrogens is 280 g/mol. The summed E-state index contributed by atoms with van der Waals surface area (Å²) in [7, 11) is -1.84. The molecule has 20 heavy (non-hydrogen) atoms. The van der Waals surface area contributed by atoms with Gasteiger partial charge in [0.2, 0.25) is 5.91 Å². The minimum atomic E-state index is -3.44. The molecule has 2 N–H and O–H groups in total. The van der Waals surface area contributed by atoms with Gasteiger partial charge in [0.05, 0.1) is 5.92 Å². The van der Waals surface area contributed by atoms with E-state index in [4.69, 9.17) is 0 Å². The maximum atomic E-state index is 12.6. The van der Waals surface area contributed by atoms with Gasteiger partial charge in [-0.25, -0.2) is 0 Å². The number of hydrogen-bond acceptors (Lipinski definition) is 4. The summed E-state index contributed by atoms with van der Waals surface area (Å²) >= 11 is 0. The fourth-order valence-corrected chi connectivity index (χ4v) is 4.52. The van der Waals surface area contributed by atoms with Crippen LogP contribution in [-0.2, 0) is 15.0 Å². The second-order valence-corrected chi connectivity index (χ2v) is 7.25. The van der Waals surface area contributed by atoms with Crippen LogP contribution in [0.5, 0.6) is 0 Å². The lowest BCUT2D eigenvalue weighted by atomic mass is 9.99. The van der Waals surface area contributed by atoms with Crippen molar-refractivity contribution in [2.45, 2.75) is 19.3 Å². The molecule has 2 aliphatic rings. The molecule has 0 bridgehead atoms. The van der Waals surface area contributed by atoms with E-state index in [-0.39, 0.29) is 11.8 Å². The van der Waals surface area contributed by atoms with Crippen LogP contribution in [0.1, 0.15) is 19.3 Å². The molecule has 1 amide bonds. The van der Waals surface area contributed by atoms with Crippen LogP contribution < -0.4 is 10.6 Å². The van der Waals surface area contributed by atoms with Crippen molar-refractivity contribution in [3.63, 3.8) is 0 Å². The maximum Gasteiger partial charge on any atom is 0.282 e. The van der Waals surface area contributed by atoms with Crippen molar-refractivity contribution >= 4 is 16.1 Å². The predicted octanol–water partition coefficient (Wildman–Crippen LogP) is -1.02. The molecule has 1 atom stereocenters. The van der Waals surface area contributed by atoms with Gasteiger partial charge >= 0.3 is 0 Å². The van der Waals surface area contributed by atoms with Gasteiger partial charge in [0, 0.05) is 39.8 Å². The zero-order valence-corrected chi connectivity index (χ0v) is 12.8. The molecule has 0 aromatic heterocycles. The van der Waals surface area contributed by atoms with E-state index in [1.54, 1.807) is 11.4 Å². The van der Waals surface area contributed by atoms with Crippen LogP contribution in [-0.4, -0.2) is 69.3 Å². The molecule has 2 fully saturated rings. The SMILES string of the molecule is CNC(=O)C1CCCN(S(=O)(=O)N2CCCNCC2)C1. The number of carbonyl (C=O) groups is 1. The summed E-state index contributed by atoms with van der Waals surface area (Å²) in [4.78, 5) is 11.7. The second kappa shape index (κ2) is 6.84. The van der Waals surface area contributed by atoms with Gasteiger partial charge < -0.3 is 10.6 Å². The van der Waals surface area contributed by atoms with Gasteiger partial charge in [0.15, 0.2) is 0 Å². The lowest BCUT2D eigenvalue weighted by molar-refractivity contribution is -0.125. The molecule has 2 aliphatic heterocycles. The Hall–Kier alpha value is -0.700. The van der Waals surface area contributed by atoms with E-state index in [0.717, 1.165) is 25.8 Å². The van der Waals surface area contributed by atoms with Crippen molar-refractivity contribution in [2.24, 2.45) is 5.92 Å². The van der Waals surface area contributed by atoms with Crippen LogP contribution >= 0.6 is 0 Å². The summed E-state index contributed by atoms with van der Waals surface area (Å²) in [5.74, 6) is -0.295. The Morgan fingerprint density at radius 2 is 1.90 bits per heavy atom. The number of carbonyl (C=O) groups excluding carboxylic acids is 1. The summed E-state index contributed by atoms with van der Waals surface area (Å²) in [6, 6.07) is 0. The first-order valence-electron chi connectivity index (χ1n) is 7.23. The van der Waals surface area contributed by atoms with Crippen molar-refractivity contribution in [3.05, 3.63) is 0 Å². The zero-order chi connectivity index (χ0) is 14.6. The van der Waals surface area contributed by atoms with E-state index in [2.05, 4.69) is 10.6 Å². The lowest BCUT2D eigenvalue weighted by Crippen LogP contribution is -2.50. The first-order chi connectivity index (χ1) is 9.55. The third-order valence-corrected chi connectivity index (χ3v) is 5.95. The van der Waals surface area contributed by atoms with Gasteiger partial charge in [-0.05, 0) is 25.8 Å². The van der Waals surface area contributed by atoms with Crippen LogP contribution in [0.15, 0.2) is 0 Å². The number of rotatable bonds is 3. The number of hydrogen-bond donors (Lipinski definition) is 2. The Kier molecular flexibility index (Phi) is 5.36. The van der Waals surface area contributed by atoms with Gasteiger partial charge in [0.1, 0.15) is 0 Å². The van der Waals surface area contributed by atoms with E-state index in [9.17, 15) is 13.2 Å². The van der Waals surface area contributed by atoms with Gasteiger partial charge in [-0.15, -0.1) is 0 Å². The standard InChI is InChI=1S/C12H24N4O3S/c1-13-12(17)11-4-2-7-16(10-11)20(18,19)15-8-3-5-14-6-9-15/h11,14H,2-10H2,1H3,(H,13,17). The Labute approximate surface area is 120 Å². The third-order valence-electron chi connectivity index (χ3n) is 3.95. The highest BCUT2D eigenvalue weighted by Gasteiger charge is 2.35. The van der Waals surface area contributed by atoms with Crippen molar-refractivity contribution in [2.75, 3.05) is 46.3 Å². The van der Waals surface area contributed by atoms with Gasteiger partial charge in [0.25, 0.3) is 10.2 Å². The Bertz CT molecular complexity index is 432. The van der Waals surface area contributed by atoms with Gasteiger partial charge in [-0.2, -0.15) is 17.0 Å². The lowest BCUT2D eigenvalue weighted by Gasteiger charge is -2.34. The highest BCUT2D eigenvalue weighted by Crippen LogP contribution is 2.21. The van der Waals surface area contributed by atoms with Crippen LogP contribution in [0.4, 0.5) is 0 Å². The van der Waals surface area contributed by atoms with E-state index in [0.29, 0.717) is 32.7 Å². The highest BCUT2D eigenvalue weighted by molar-refractivity contribution is 7.86. The van der Waals surface area contributed by atoms with Crippen molar-refractivity contribution in [1.29, 1.82) is 0 Å². The normalized spacial score (nSPS) is 26.9. The van der Waals surface area contributed by atoms with Crippen LogP contribution in [0, 0.1) is 5.92 Å². The highest BCUT2D eigenvalue weighted by atomic mass is 32.2. The Morgan fingerprint density at radius 3 is 2.65 bits per heavy atom. The smallest absolute Gasteiger partial charge is 0.282 e. The molecule has 2 heterocycles. The Morgan fingerprint density at radius 1 is 1.15 bits per heavy atom. The van der Waals surface area contributed by atoms with Gasteiger partial charge in [-0.3, -0.25) is 4.79 Å². The third kappa shape index (κ3) is 3.49. The van der Waals surface area contributed by atoms with E-state index >= 15 is 0 Å². The summed E-state index contributed by atoms with van der Waals surface area (Å²) in [6.45, 7) is 3.41. The average Bonchev–Trinajstić information content (AvgIpc) is 2.76. The molecule has 116 valence electrons. The second-order valence-electron chi connectivity index (χ2n) is 5.32. The fourth-order valence-electron chi connectivity index (χ4n) is 2.79. The topological polar surface area (TPSA) is 81.8 Å². The number of piperidine rings is 1. The predicted molar refractivity (Wildman–Crippen MR) is 76.3 cm³/mol. The summed E-state index contributed by atoms with van der Waals surface area (Å²) in [5.41, 5.74) is 0. The minimum absolute atomic E-state index is 0.0672. The molecule has 0 radical (unpaired) electrons. The van der Waals surface area contributed by atoms with Crippen LogP contribution in [0.25, 0.3) is 0 Å². The fraction of sp³-hybridized carbons (Fsp3) is 0.917. The molecule has 1 unspecified atom stereocenters. The number of amides is 1. The molecule has 8 heteroatoms. The van der Waals surface area contributed by atoms with Crippen LogP contribution in [0.2, 0.25) is 0 Å². The minimum Gasteiger partial charge on any atom is -0.359 e. The van der Waals surface area contributed by atoms with Crippen LogP contribution in [0.3, 0.4) is 0 Å². The van der Waals surface area contributed by atoms with E-state index in [1.165, 1.54) is 4.31 Å². The molecule has 0 aromatic rings. The van der Waals surface area contributed by atoms with E-state index < -0.39 is 10.2 Å². The monoisotopic (exact) mass is 304 g/mol. The maximum absolute atomic E-state index is 12.6. The molecule has 0 spiro atoms. The summed E-state index contributed by atoms with van der Waals surface area (Å²) < 4.78 is 28.3. The summed E-state index contributed by atoms with van der Waals surface area (Å²) in [5, 5.41) is 5.81. The Balaban J connectivity index is 2.06. The van der Waals surface area contributed by atoms with Crippen molar-refractivity contribution in [1.82, 2.24) is 19.2 Å². The quantitative estimate of drug-likeness (QED) is 0.700. The summed E-state index contributed by atoms with van der Waals surface area (Å²) in [6.07, 6.45) is 2.32. The zero-order valence-electron chi connectivity index (χ0n) is 12.0. The van der Waals surface area contributed by atoms with Gasteiger partial charge in [-0.1, -0.05) is 0 Å². The molecule has 0 aromatic carbocycles. The molecule has 2 saturated heterocycles. The first kappa shape index (κ1) is 15.7. The first-order valence-corrected chi connectivity index (χ1v) is 8.63. The molecule has 0 aliphatic carbocycles. The molecule has 0 saturated carbocycles. The average molecular weight is 304 g/mol. The molecule has 7 nitrogen and oxygen atoms in total. The molecule has 2 rings (SSSR count). The van der Waals surface area contributed by atoms with E-state index in [1.807, 2.05) is 0 Å². The number of nitrogens with zero attached hydrogens (tertiary/aromatic N) is 2.